The summed E-state index contributed by atoms with van der Waals surface area (Å²) in [6, 6.07) is 12.9. The van der Waals surface area contributed by atoms with Crippen molar-refractivity contribution >= 4 is 17.4 Å². The number of carbonyl (C=O) groups is 1. The van der Waals surface area contributed by atoms with E-state index in [0.717, 1.165) is 5.56 Å². The molecule has 1 aliphatic heterocycles. The number of carbonyl (C=O) groups excluding carboxylic acids is 1. The molecule has 130 valence electrons. The Kier molecular flexibility index (Phi) is 4.06. The van der Waals surface area contributed by atoms with Crippen LogP contribution in [0, 0.1) is 11.3 Å². The van der Waals surface area contributed by atoms with Gasteiger partial charge in [-0.25, -0.2) is 0 Å². The second-order valence-corrected chi connectivity index (χ2v) is 6.63. The lowest BCUT2D eigenvalue weighted by Gasteiger charge is -2.29. The van der Waals surface area contributed by atoms with Crippen LogP contribution >= 0.6 is 11.6 Å². The Hall–Kier alpha value is -2.97. The molecule has 0 saturated carbocycles. The number of ether oxygens (including phenoxy) is 1. The van der Waals surface area contributed by atoms with Crippen molar-refractivity contribution in [3.63, 3.8) is 0 Å². The van der Waals surface area contributed by atoms with Crippen LogP contribution < -0.4 is 5.73 Å². The lowest BCUT2D eigenvalue weighted by atomic mass is 9.80. The average Bonchev–Trinajstić information content (AvgIpc) is 3.10. The molecule has 1 aliphatic carbocycles. The Balaban J connectivity index is 1.83. The van der Waals surface area contributed by atoms with Crippen molar-refractivity contribution in [2.75, 3.05) is 0 Å². The first kappa shape index (κ1) is 16.5. The standard InChI is InChI=1S/C20H15ClN2O3/c21-13-5-2-1-4-11(13)15-8-9-17(25-15)18-12(10-22)20(23)26-16-7-3-6-14(24)19(16)18/h1-2,4-5,8-9,18H,3,6-7,23H2/t18-/m0/s1. The molecular weight excluding hydrogens is 352 g/mol. The number of Topliss-reactive ketones (excluding diaryl/α,β-unsaturated/α-hetero) is 1. The zero-order valence-corrected chi connectivity index (χ0v) is 14.5. The summed E-state index contributed by atoms with van der Waals surface area (Å²) in [4.78, 5) is 12.5. The minimum Gasteiger partial charge on any atom is -0.460 e. The van der Waals surface area contributed by atoms with Crippen molar-refractivity contribution in [2.45, 2.75) is 25.2 Å². The van der Waals surface area contributed by atoms with Crippen LogP contribution in [0.25, 0.3) is 11.3 Å². The Bertz CT molecular complexity index is 1010. The molecule has 2 aromatic rings. The summed E-state index contributed by atoms with van der Waals surface area (Å²) >= 11 is 6.24. The molecular formula is C20H15ClN2O3. The highest BCUT2D eigenvalue weighted by Crippen LogP contribution is 2.44. The first-order valence-corrected chi connectivity index (χ1v) is 8.66. The Labute approximate surface area is 155 Å². The number of nitrogens with two attached hydrogens (primary N) is 1. The fourth-order valence-corrected chi connectivity index (χ4v) is 3.68. The third kappa shape index (κ3) is 2.59. The Morgan fingerprint density at radius 1 is 1.19 bits per heavy atom. The number of nitriles is 1. The maximum atomic E-state index is 12.5. The van der Waals surface area contributed by atoms with E-state index in [9.17, 15) is 10.1 Å². The minimum absolute atomic E-state index is 0.0293. The summed E-state index contributed by atoms with van der Waals surface area (Å²) in [5.74, 6) is 0.934. The molecule has 6 heteroatoms. The number of rotatable bonds is 2. The van der Waals surface area contributed by atoms with E-state index in [0.29, 0.717) is 47.1 Å². The predicted octanol–water partition coefficient (Wildman–Crippen LogP) is 4.41. The predicted molar refractivity (Wildman–Crippen MR) is 95.7 cm³/mol. The molecule has 2 aliphatic rings. The zero-order chi connectivity index (χ0) is 18.3. The Morgan fingerprint density at radius 2 is 2.00 bits per heavy atom. The van der Waals surface area contributed by atoms with Crippen LogP contribution in [-0.2, 0) is 9.53 Å². The zero-order valence-electron chi connectivity index (χ0n) is 13.8. The van der Waals surface area contributed by atoms with Gasteiger partial charge in [-0.1, -0.05) is 23.7 Å². The van der Waals surface area contributed by atoms with Gasteiger partial charge in [0.05, 0.1) is 10.9 Å². The monoisotopic (exact) mass is 366 g/mol. The van der Waals surface area contributed by atoms with Crippen molar-refractivity contribution in [1.82, 2.24) is 0 Å². The molecule has 0 amide bonds. The second-order valence-electron chi connectivity index (χ2n) is 6.22. The van der Waals surface area contributed by atoms with E-state index in [1.165, 1.54) is 0 Å². The van der Waals surface area contributed by atoms with Gasteiger partial charge in [0, 0.05) is 24.0 Å². The van der Waals surface area contributed by atoms with Crippen molar-refractivity contribution in [1.29, 1.82) is 5.26 Å². The van der Waals surface area contributed by atoms with Crippen molar-refractivity contribution < 1.29 is 13.9 Å². The van der Waals surface area contributed by atoms with E-state index in [1.54, 1.807) is 18.2 Å². The largest absolute Gasteiger partial charge is 0.460 e. The molecule has 5 nitrogen and oxygen atoms in total. The molecule has 0 saturated heterocycles. The van der Waals surface area contributed by atoms with Crippen molar-refractivity contribution in [3.05, 3.63) is 70.0 Å². The summed E-state index contributed by atoms with van der Waals surface area (Å²) < 4.78 is 11.6. The van der Waals surface area contributed by atoms with Gasteiger partial charge in [0.1, 0.15) is 28.9 Å². The number of nitrogens with zero attached hydrogens (tertiary/aromatic N) is 1. The number of allylic oxidation sites excluding steroid dienone is 3. The van der Waals surface area contributed by atoms with Gasteiger partial charge in [-0.3, -0.25) is 4.79 Å². The van der Waals surface area contributed by atoms with E-state index in [4.69, 9.17) is 26.5 Å². The summed E-state index contributed by atoms with van der Waals surface area (Å²) in [7, 11) is 0. The fraction of sp³-hybridized carbons (Fsp3) is 0.200. The number of halogens is 1. The van der Waals surface area contributed by atoms with Gasteiger partial charge in [0.15, 0.2) is 5.78 Å². The van der Waals surface area contributed by atoms with Gasteiger partial charge in [-0.05, 0) is 30.7 Å². The SMILES string of the molecule is N#CC1=C(N)OC2=C(C(=O)CCC2)[C@@H]1c1ccc(-c2ccccc2Cl)o1. The second kappa shape index (κ2) is 6.40. The molecule has 26 heavy (non-hydrogen) atoms. The molecule has 0 unspecified atom stereocenters. The molecule has 2 heterocycles. The highest BCUT2D eigenvalue weighted by atomic mass is 35.5. The van der Waals surface area contributed by atoms with Crippen LogP contribution in [0.15, 0.2) is 63.6 Å². The first-order valence-electron chi connectivity index (χ1n) is 8.28. The summed E-state index contributed by atoms with van der Waals surface area (Å²) in [6.45, 7) is 0. The van der Waals surface area contributed by atoms with Gasteiger partial charge in [0.25, 0.3) is 0 Å². The van der Waals surface area contributed by atoms with Gasteiger partial charge in [-0.15, -0.1) is 0 Å². The average molecular weight is 367 g/mol. The lowest BCUT2D eigenvalue weighted by molar-refractivity contribution is -0.116. The van der Waals surface area contributed by atoms with Gasteiger partial charge in [0.2, 0.25) is 5.88 Å². The molecule has 0 fully saturated rings. The highest BCUT2D eigenvalue weighted by molar-refractivity contribution is 6.33. The molecule has 1 aromatic carbocycles. The van der Waals surface area contributed by atoms with Crippen LogP contribution in [0.3, 0.4) is 0 Å². The maximum absolute atomic E-state index is 12.5. The molecule has 2 N–H and O–H groups in total. The van der Waals surface area contributed by atoms with Gasteiger partial charge >= 0.3 is 0 Å². The van der Waals surface area contributed by atoms with Crippen LogP contribution in [0.4, 0.5) is 0 Å². The van der Waals surface area contributed by atoms with Gasteiger partial charge < -0.3 is 14.9 Å². The van der Waals surface area contributed by atoms with E-state index in [2.05, 4.69) is 6.07 Å². The smallest absolute Gasteiger partial charge is 0.205 e. The number of benzene rings is 1. The molecule has 0 spiro atoms. The van der Waals surface area contributed by atoms with E-state index in [-0.39, 0.29) is 17.2 Å². The van der Waals surface area contributed by atoms with E-state index < -0.39 is 5.92 Å². The lowest BCUT2D eigenvalue weighted by Crippen LogP contribution is -2.27. The third-order valence-electron chi connectivity index (χ3n) is 4.66. The quantitative estimate of drug-likeness (QED) is 0.849. The molecule has 0 radical (unpaired) electrons. The first-order chi connectivity index (χ1) is 12.6. The maximum Gasteiger partial charge on any atom is 0.205 e. The third-order valence-corrected chi connectivity index (χ3v) is 4.99. The molecule has 4 rings (SSSR count). The van der Waals surface area contributed by atoms with Gasteiger partial charge in [-0.2, -0.15) is 5.26 Å². The molecule has 0 bridgehead atoms. The minimum atomic E-state index is -0.646. The van der Waals surface area contributed by atoms with Crippen LogP contribution in [0.1, 0.15) is 30.9 Å². The van der Waals surface area contributed by atoms with Crippen LogP contribution in [0.2, 0.25) is 5.02 Å². The molecule has 1 atom stereocenters. The van der Waals surface area contributed by atoms with Crippen molar-refractivity contribution in [3.8, 4) is 17.4 Å². The summed E-state index contributed by atoms with van der Waals surface area (Å²) in [6.07, 6.45) is 1.76. The summed E-state index contributed by atoms with van der Waals surface area (Å²) in [5, 5.41) is 10.1. The van der Waals surface area contributed by atoms with E-state index in [1.807, 2.05) is 18.2 Å². The number of ketones is 1. The number of hydrogen-bond donors (Lipinski definition) is 1. The number of hydrogen-bond acceptors (Lipinski definition) is 5. The fourth-order valence-electron chi connectivity index (χ4n) is 3.45. The van der Waals surface area contributed by atoms with Crippen LogP contribution in [0.5, 0.6) is 0 Å². The molecule has 1 aromatic heterocycles. The topological polar surface area (TPSA) is 89.3 Å². The summed E-state index contributed by atoms with van der Waals surface area (Å²) in [5.41, 5.74) is 7.35. The van der Waals surface area contributed by atoms with Crippen molar-refractivity contribution in [2.24, 2.45) is 5.73 Å². The Morgan fingerprint density at radius 3 is 2.77 bits per heavy atom. The van der Waals surface area contributed by atoms with Crippen LogP contribution in [-0.4, -0.2) is 5.78 Å². The number of furan rings is 1. The highest BCUT2D eigenvalue weighted by Gasteiger charge is 2.39. The van der Waals surface area contributed by atoms with E-state index >= 15 is 0 Å². The normalized spacial score (nSPS) is 19.8.